The number of amidine groups is 1. The number of aromatic nitrogens is 2. The van der Waals surface area contributed by atoms with E-state index in [0.29, 0.717) is 5.69 Å². The van der Waals surface area contributed by atoms with Crippen molar-refractivity contribution in [1.82, 2.24) is 9.55 Å². The summed E-state index contributed by atoms with van der Waals surface area (Å²) in [6.45, 7) is 3.26. The summed E-state index contributed by atoms with van der Waals surface area (Å²) in [4.78, 5) is 19.6. The molecule has 0 unspecified atom stereocenters. The van der Waals surface area contributed by atoms with Gasteiger partial charge < -0.3 is 14.8 Å². The molecule has 150 valence electrons. The molecule has 0 saturated carbocycles. The number of rotatable bonds is 2. The predicted octanol–water partition coefficient (Wildman–Crippen LogP) is 2.01. The summed E-state index contributed by atoms with van der Waals surface area (Å²) >= 11 is 5.18. The Balaban J connectivity index is 1.98. The number of fused-ring (bicyclic) bond motifs is 1. The largest absolute Gasteiger partial charge is 0.497 e. The number of nitrogens with one attached hydrogen (secondary N) is 1. The van der Waals surface area contributed by atoms with Crippen molar-refractivity contribution in [2.24, 2.45) is 4.99 Å². The Morgan fingerprint density at radius 3 is 2.79 bits per heavy atom. The number of imidazole rings is 1. The smallest absolute Gasteiger partial charge is 0.326 e. The first kappa shape index (κ1) is 19.3. The molecule has 0 bridgehead atoms. The van der Waals surface area contributed by atoms with E-state index in [1.54, 1.807) is 13.2 Å². The normalized spacial score (nSPS) is 17.5. The number of ether oxygens (including phenoxy) is 1. The molecular formula is C21H23N4O3S+. The van der Waals surface area contributed by atoms with Crippen LogP contribution in [0.15, 0.2) is 28.8 Å². The van der Waals surface area contributed by atoms with E-state index in [1.165, 1.54) is 17.9 Å². The van der Waals surface area contributed by atoms with Gasteiger partial charge in [0.2, 0.25) is 11.8 Å². The van der Waals surface area contributed by atoms with E-state index in [4.69, 9.17) is 21.9 Å². The van der Waals surface area contributed by atoms with Crippen molar-refractivity contribution in [3.8, 4) is 11.6 Å². The van der Waals surface area contributed by atoms with E-state index in [-0.39, 0.29) is 16.6 Å². The molecule has 2 aliphatic rings. The molecule has 1 aromatic carbocycles. The maximum atomic E-state index is 12.1. The van der Waals surface area contributed by atoms with Gasteiger partial charge in [0.15, 0.2) is 10.1 Å². The van der Waals surface area contributed by atoms with Crippen LogP contribution in [0, 0.1) is 4.77 Å². The summed E-state index contributed by atoms with van der Waals surface area (Å²) in [5, 5.41) is 12.1. The summed E-state index contributed by atoms with van der Waals surface area (Å²) in [5.41, 5.74) is 1.14. The molecule has 1 aromatic heterocycles. The molecule has 3 heterocycles. The summed E-state index contributed by atoms with van der Waals surface area (Å²) in [6.07, 6.45) is 7.21. The monoisotopic (exact) mass is 411 g/mol. The number of carbonyl (C=O) groups excluding carboxylic acids is 1. The fourth-order valence-electron chi connectivity index (χ4n) is 3.78. The second-order valence-corrected chi connectivity index (χ2v) is 7.56. The summed E-state index contributed by atoms with van der Waals surface area (Å²) < 4.78 is 9.06. The van der Waals surface area contributed by atoms with E-state index in [0.717, 1.165) is 53.7 Å². The molecule has 4 rings (SSSR count). The highest BCUT2D eigenvalue weighted by atomic mass is 32.1. The average molecular weight is 412 g/mol. The second-order valence-electron chi connectivity index (χ2n) is 7.17. The van der Waals surface area contributed by atoms with E-state index in [1.807, 2.05) is 24.3 Å². The van der Waals surface area contributed by atoms with Crippen LogP contribution in [0.1, 0.15) is 36.7 Å². The van der Waals surface area contributed by atoms with Crippen LogP contribution in [0.5, 0.6) is 11.6 Å². The molecule has 0 spiro atoms. The number of methoxy groups -OCH3 is 1. The number of benzene rings is 1. The molecule has 1 saturated heterocycles. The van der Waals surface area contributed by atoms with Gasteiger partial charge in [-0.15, -0.1) is 0 Å². The number of carbonyl (C=O) groups is 1. The molecule has 2 aliphatic heterocycles. The Morgan fingerprint density at radius 1 is 1.34 bits per heavy atom. The van der Waals surface area contributed by atoms with Gasteiger partial charge >= 0.3 is 5.84 Å². The molecule has 7 nitrogen and oxygen atoms in total. The third-order valence-electron chi connectivity index (χ3n) is 5.20. The van der Waals surface area contributed by atoms with Gasteiger partial charge in [-0.25, -0.2) is 0 Å². The second kappa shape index (κ2) is 7.79. The van der Waals surface area contributed by atoms with Gasteiger partial charge in [-0.3, -0.25) is 13.9 Å². The molecule has 2 N–H and O–H groups in total. The van der Waals surface area contributed by atoms with E-state index in [2.05, 4.69) is 9.56 Å². The van der Waals surface area contributed by atoms with Gasteiger partial charge in [0.05, 0.1) is 25.8 Å². The van der Waals surface area contributed by atoms with Gasteiger partial charge in [-0.1, -0.05) is 0 Å². The summed E-state index contributed by atoms with van der Waals surface area (Å²) in [7, 11) is 1.63. The number of aromatic hydroxyl groups is 1. The maximum Gasteiger partial charge on any atom is 0.326 e. The first-order valence-corrected chi connectivity index (χ1v) is 10.0. The van der Waals surface area contributed by atoms with Crippen LogP contribution in [-0.2, 0) is 0 Å². The Labute approximate surface area is 173 Å². The molecule has 29 heavy (non-hydrogen) atoms. The van der Waals surface area contributed by atoms with Crippen LogP contribution in [0.2, 0.25) is 0 Å². The SMILES string of the molecule is COc1ccc2c(c1)=C/C(=C\c1c(O)[nH]c(=S)n1C(C)=O)C(=[N+]1CCCCC1)N=2. The fraction of sp³-hybridized carbons (Fsp3) is 0.333. The van der Waals surface area contributed by atoms with Crippen molar-refractivity contribution in [3.05, 3.63) is 44.8 Å². The Bertz CT molecular complexity index is 1230. The lowest BCUT2D eigenvalue weighted by Crippen LogP contribution is -2.36. The molecule has 1 fully saturated rings. The quantitative estimate of drug-likeness (QED) is 0.585. The van der Waals surface area contributed by atoms with Crippen LogP contribution in [-0.4, -0.2) is 51.2 Å². The minimum Gasteiger partial charge on any atom is -0.497 e. The van der Waals surface area contributed by atoms with Gasteiger partial charge in [-0.2, -0.15) is 0 Å². The number of nitrogens with zero attached hydrogens (tertiary/aromatic N) is 3. The van der Waals surface area contributed by atoms with Crippen LogP contribution in [0.3, 0.4) is 0 Å². The number of H-pyrrole nitrogens is 1. The van der Waals surface area contributed by atoms with Crippen molar-refractivity contribution < 1.29 is 19.2 Å². The van der Waals surface area contributed by atoms with E-state index in [9.17, 15) is 9.90 Å². The first-order chi connectivity index (χ1) is 14.0. The zero-order chi connectivity index (χ0) is 20.5. The summed E-state index contributed by atoms with van der Waals surface area (Å²) in [6, 6.07) is 5.76. The maximum absolute atomic E-state index is 12.1. The number of piperidine rings is 1. The lowest BCUT2D eigenvalue weighted by Gasteiger charge is -2.16. The molecule has 0 amide bonds. The molecule has 2 aromatic rings. The van der Waals surface area contributed by atoms with Crippen molar-refractivity contribution in [1.29, 1.82) is 0 Å². The number of hydrogen-bond donors (Lipinski definition) is 2. The Hall–Kier alpha value is -3.00. The molecular weight excluding hydrogens is 388 g/mol. The number of aromatic amines is 1. The molecule has 0 aliphatic carbocycles. The first-order valence-electron chi connectivity index (χ1n) is 9.61. The minimum atomic E-state index is -0.271. The van der Waals surface area contributed by atoms with Crippen LogP contribution in [0.4, 0.5) is 0 Å². The van der Waals surface area contributed by atoms with Crippen LogP contribution >= 0.6 is 12.2 Å². The van der Waals surface area contributed by atoms with Crippen molar-refractivity contribution in [2.75, 3.05) is 20.2 Å². The van der Waals surface area contributed by atoms with Crippen molar-refractivity contribution in [3.63, 3.8) is 0 Å². The average Bonchev–Trinajstić information content (AvgIpc) is 3.00. The Kier molecular flexibility index (Phi) is 5.19. The van der Waals surface area contributed by atoms with Crippen molar-refractivity contribution >= 4 is 36.1 Å². The van der Waals surface area contributed by atoms with Crippen molar-refractivity contribution in [2.45, 2.75) is 26.2 Å². The molecule has 8 heteroatoms. The van der Waals surface area contributed by atoms with Gasteiger partial charge in [-0.05, 0) is 66.8 Å². The van der Waals surface area contributed by atoms with Gasteiger partial charge in [0, 0.05) is 12.1 Å². The lowest BCUT2D eigenvalue weighted by molar-refractivity contribution is -0.537. The van der Waals surface area contributed by atoms with Gasteiger partial charge in [0.25, 0.3) is 0 Å². The lowest BCUT2D eigenvalue weighted by atomic mass is 10.1. The standard InChI is InChI=1S/C21H22N4O3S/c1-13(26)25-18(20(27)23-21(25)29)12-15-10-14-11-16(28-2)6-7-17(14)22-19(15)24-8-4-3-5-9-24/h6-7,10-12H,3-5,8-9H2,1-2H3,(H,23,27,29)/p+1. The Morgan fingerprint density at radius 2 is 2.10 bits per heavy atom. The van der Waals surface area contributed by atoms with Gasteiger partial charge in [0.1, 0.15) is 11.4 Å². The van der Waals surface area contributed by atoms with Crippen LogP contribution in [0.25, 0.3) is 12.2 Å². The third-order valence-corrected chi connectivity index (χ3v) is 5.49. The van der Waals surface area contributed by atoms with Crippen LogP contribution < -0.4 is 15.3 Å². The fourth-order valence-corrected chi connectivity index (χ4v) is 4.11. The highest BCUT2D eigenvalue weighted by Gasteiger charge is 2.25. The predicted molar refractivity (Wildman–Crippen MR) is 113 cm³/mol. The van der Waals surface area contributed by atoms with E-state index < -0.39 is 0 Å². The molecule has 0 radical (unpaired) electrons. The third kappa shape index (κ3) is 3.67. The zero-order valence-corrected chi connectivity index (χ0v) is 17.3. The minimum absolute atomic E-state index is 0.138. The van der Waals surface area contributed by atoms with E-state index >= 15 is 0 Å². The zero-order valence-electron chi connectivity index (χ0n) is 16.4. The number of hydrogen-bond acceptors (Lipinski definition) is 4. The topological polar surface area (TPSA) is 82.6 Å². The summed E-state index contributed by atoms with van der Waals surface area (Å²) in [5.74, 6) is 1.17. The highest BCUT2D eigenvalue weighted by molar-refractivity contribution is 7.71. The highest BCUT2D eigenvalue weighted by Crippen LogP contribution is 2.22. The molecule has 0 atom stereocenters.